The van der Waals surface area contributed by atoms with Crippen molar-refractivity contribution in [3.05, 3.63) is 23.8 Å². The van der Waals surface area contributed by atoms with Crippen molar-refractivity contribution in [3.63, 3.8) is 0 Å². The number of carbonyl (C=O) groups is 1. The molecular formula is C13H23NO2. The maximum atomic E-state index is 10.9. The molecule has 1 aromatic rings. The Morgan fingerprint density at radius 2 is 1.69 bits per heavy atom. The SMILES string of the molecule is CC.CC.COc1ccc(C(C)=O)cc1N. The largest absolute Gasteiger partial charge is 0.495 e. The fourth-order valence-electron chi connectivity index (χ4n) is 0.953. The van der Waals surface area contributed by atoms with E-state index in [1.807, 2.05) is 27.7 Å². The summed E-state index contributed by atoms with van der Waals surface area (Å²) >= 11 is 0. The second-order valence-corrected chi connectivity index (χ2v) is 2.51. The van der Waals surface area contributed by atoms with Gasteiger partial charge in [-0.3, -0.25) is 4.79 Å². The Labute approximate surface area is 98.6 Å². The van der Waals surface area contributed by atoms with Gasteiger partial charge < -0.3 is 10.5 Å². The molecule has 0 fully saturated rings. The molecule has 3 heteroatoms. The molecular weight excluding hydrogens is 202 g/mol. The molecule has 1 rings (SSSR count). The van der Waals surface area contributed by atoms with E-state index >= 15 is 0 Å². The van der Waals surface area contributed by atoms with Crippen molar-refractivity contribution in [2.75, 3.05) is 12.8 Å². The van der Waals surface area contributed by atoms with Crippen LogP contribution < -0.4 is 10.5 Å². The number of Topliss-reactive ketones (excluding diaryl/α,β-unsaturated/α-hetero) is 1. The molecule has 0 saturated heterocycles. The fraction of sp³-hybridized carbons (Fsp3) is 0.462. The Bertz CT molecular complexity index is 309. The van der Waals surface area contributed by atoms with Gasteiger partial charge in [-0.2, -0.15) is 0 Å². The summed E-state index contributed by atoms with van der Waals surface area (Å²) in [7, 11) is 1.54. The van der Waals surface area contributed by atoms with Crippen LogP contribution in [0.5, 0.6) is 5.75 Å². The topological polar surface area (TPSA) is 52.3 Å². The van der Waals surface area contributed by atoms with Crippen LogP contribution in [0.1, 0.15) is 45.0 Å². The zero-order valence-corrected chi connectivity index (χ0v) is 11.1. The van der Waals surface area contributed by atoms with Gasteiger partial charge in [0.05, 0.1) is 12.8 Å². The number of hydrogen-bond acceptors (Lipinski definition) is 3. The Kier molecular flexibility index (Phi) is 10.6. The second kappa shape index (κ2) is 10.0. The van der Waals surface area contributed by atoms with E-state index in [9.17, 15) is 4.79 Å². The van der Waals surface area contributed by atoms with Crippen LogP contribution in [0.25, 0.3) is 0 Å². The third-order valence-corrected chi connectivity index (χ3v) is 1.64. The normalized spacial score (nSPS) is 7.88. The Balaban J connectivity index is 0. The first-order chi connectivity index (χ1) is 7.65. The molecule has 92 valence electrons. The number of carbonyl (C=O) groups excluding carboxylic acids is 1. The van der Waals surface area contributed by atoms with Crippen molar-refractivity contribution in [3.8, 4) is 5.75 Å². The first kappa shape index (κ1) is 16.9. The third kappa shape index (κ3) is 5.39. The molecule has 3 nitrogen and oxygen atoms in total. The van der Waals surface area contributed by atoms with E-state index < -0.39 is 0 Å². The quantitative estimate of drug-likeness (QED) is 0.618. The lowest BCUT2D eigenvalue weighted by Crippen LogP contribution is -1.97. The number of benzene rings is 1. The number of methoxy groups -OCH3 is 1. The van der Waals surface area contributed by atoms with Gasteiger partial charge in [0.15, 0.2) is 5.78 Å². The summed E-state index contributed by atoms with van der Waals surface area (Å²) in [6, 6.07) is 4.99. The number of ketones is 1. The maximum Gasteiger partial charge on any atom is 0.159 e. The lowest BCUT2D eigenvalue weighted by Gasteiger charge is -2.04. The number of ether oxygens (including phenoxy) is 1. The highest BCUT2D eigenvalue weighted by Gasteiger charge is 2.02. The van der Waals surface area contributed by atoms with Crippen LogP contribution in [0.4, 0.5) is 5.69 Å². The van der Waals surface area contributed by atoms with Crippen LogP contribution in [0.3, 0.4) is 0 Å². The zero-order valence-electron chi connectivity index (χ0n) is 11.1. The van der Waals surface area contributed by atoms with Crippen LogP contribution in [-0.4, -0.2) is 12.9 Å². The van der Waals surface area contributed by atoms with Gasteiger partial charge in [0, 0.05) is 5.56 Å². The molecule has 0 heterocycles. The van der Waals surface area contributed by atoms with Gasteiger partial charge >= 0.3 is 0 Å². The zero-order chi connectivity index (χ0) is 13.1. The minimum absolute atomic E-state index is 0.00403. The standard InChI is InChI=1S/C9H11NO2.2C2H6/c1-6(11)7-3-4-9(12-2)8(10)5-7;2*1-2/h3-5H,10H2,1-2H3;2*1-2H3. The monoisotopic (exact) mass is 225 g/mol. The van der Waals surface area contributed by atoms with Gasteiger partial charge in [-0.05, 0) is 25.1 Å². The summed E-state index contributed by atoms with van der Waals surface area (Å²) in [5.41, 5.74) is 6.69. The van der Waals surface area contributed by atoms with E-state index in [-0.39, 0.29) is 5.78 Å². The van der Waals surface area contributed by atoms with E-state index in [4.69, 9.17) is 10.5 Å². The lowest BCUT2D eigenvalue weighted by molar-refractivity contribution is 0.101. The second-order valence-electron chi connectivity index (χ2n) is 2.51. The Hall–Kier alpha value is -1.51. The minimum atomic E-state index is 0.00403. The number of anilines is 1. The molecule has 0 spiro atoms. The van der Waals surface area contributed by atoms with Gasteiger partial charge in [-0.15, -0.1) is 0 Å². The average molecular weight is 225 g/mol. The summed E-state index contributed by atoms with van der Waals surface area (Å²) in [5.74, 6) is 0.601. The van der Waals surface area contributed by atoms with Crippen LogP contribution in [0.2, 0.25) is 0 Å². The van der Waals surface area contributed by atoms with Gasteiger partial charge in [-0.1, -0.05) is 27.7 Å². The molecule has 1 aromatic carbocycles. The fourth-order valence-corrected chi connectivity index (χ4v) is 0.953. The smallest absolute Gasteiger partial charge is 0.159 e. The van der Waals surface area contributed by atoms with Crippen molar-refractivity contribution in [2.45, 2.75) is 34.6 Å². The molecule has 0 aliphatic heterocycles. The molecule has 0 bridgehead atoms. The number of nitrogen functional groups attached to an aromatic ring is 1. The van der Waals surface area contributed by atoms with Crippen molar-refractivity contribution >= 4 is 11.5 Å². The summed E-state index contributed by atoms with van der Waals surface area (Å²) < 4.78 is 4.94. The van der Waals surface area contributed by atoms with Crippen LogP contribution in [0.15, 0.2) is 18.2 Å². The lowest BCUT2D eigenvalue weighted by atomic mass is 10.1. The van der Waals surface area contributed by atoms with Crippen LogP contribution >= 0.6 is 0 Å². The highest BCUT2D eigenvalue weighted by molar-refractivity contribution is 5.95. The van der Waals surface area contributed by atoms with Gasteiger partial charge in [0.25, 0.3) is 0 Å². The number of nitrogens with two attached hydrogens (primary N) is 1. The third-order valence-electron chi connectivity index (χ3n) is 1.64. The molecule has 0 atom stereocenters. The van der Waals surface area contributed by atoms with Crippen molar-refractivity contribution in [2.24, 2.45) is 0 Å². The average Bonchev–Trinajstić information content (AvgIpc) is 2.34. The Morgan fingerprint density at radius 3 is 2.00 bits per heavy atom. The van der Waals surface area contributed by atoms with E-state index in [1.165, 1.54) is 6.92 Å². The molecule has 2 N–H and O–H groups in total. The van der Waals surface area contributed by atoms with Gasteiger partial charge in [-0.25, -0.2) is 0 Å². The van der Waals surface area contributed by atoms with Crippen molar-refractivity contribution in [1.82, 2.24) is 0 Å². The van der Waals surface area contributed by atoms with Crippen LogP contribution in [0, 0.1) is 0 Å². The van der Waals surface area contributed by atoms with Gasteiger partial charge in [0.1, 0.15) is 5.75 Å². The molecule has 0 aromatic heterocycles. The summed E-state index contributed by atoms with van der Waals surface area (Å²) in [5, 5.41) is 0. The summed E-state index contributed by atoms with van der Waals surface area (Å²) in [6.45, 7) is 9.50. The summed E-state index contributed by atoms with van der Waals surface area (Å²) in [6.07, 6.45) is 0. The molecule has 0 aliphatic rings. The number of hydrogen-bond donors (Lipinski definition) is 1. The molecule has 0 aliphatic carbocycles. The van der Waals surface area contributed by atoms with Crippen molar-refractivity contribution in [1.29, 1.82) is 0 Å². The highest BCUT2D eigenvalue weighted by atomic mass is 16.5. The Morgan fingerprint density at radius 1 is 1.19 bits per heavy atom. The van der Waals surface area contributed by atoms with E-state index in [2.05, 4.69) is 0 Å². The predicted molar refractivity (Wildman–Crippen MR) is 70.1 cm³/mol. The number of rotatable bonds is 2. The van der Waals surface area contributed by atoms with Crippen LogP contribution in [-0.2, 0) is 0 Å². The van der Waals surface area contributed by atoms with Gasteiger partial charge in [0.2, 0.25) is 0 Å². The maximum absolute atomic E-state index is 10.9. The summed E-state index contributed by atoms with van der Waals surface area (Å²) in [4.78, 5) is 10.9. The minimum Gasteiger partial charge on any atom is -0.495 e. The molecule has 0 saturated carbocycles. The van der Waals surface area contributed by atoms with E-state index in [1.54, 1.807) is 25.3 Å². The predicted octanol–water partition coefficient (Wildman–Crippen LogP) is 3.53. The molecule has 0 unspecified atom stereocenters. The molecule has 0 amide bonds. The molecule has 0 radical (unpaired) electrons. The first-order valence-electron chi connectivity index (χ1n) is 5.59. The van der Waals surface area contributed by atoms with E-state index in [0.29, 0.717) is 17.0 Å². The van der Waals surface area contributed by atoms with Crippen molar-refractivity contribution < 1.29 is 9.53 Å². The highest BCUT2D eigenvalue weighted by Crippen LogP contribution is 2.21. The molecule has 16 heavy (non-hydrogen) atoms. The van der Waals surface area contributed by atoms with E-state index in [0.717, 1.165) is 0 Å². The first-order valence-corrected chi connectivity index (χ1v) is 5.59.